The number of hydrogen-bond donors (Lipinski definition) is 1. The van der Waals surface area contributed by atoms with Crippen LogP contribution < -0.4 is 0 Å². The lowest BCUT2D eigenvalue weighted by molar-refractivity contribution is 0.193. The molecule has 0 saturated carbocycles. The van der Waals surface area contributed by atoms with Crippen molar-refractivity contribution in [3.8, 4) is 0 Å². The molecule has 1 N–H and O–H groups in total. The van der Waals surface area contributed by atoms with Gasteiger partial charge in [-0.3, -0.25) is 0 Å². The van der Waals surface area contributed by atoms with Crippen LogP contribution in [0.15, 0.2) is 18.2 Å². The summed E-state index contributed by atoms with van der Waals surface area (Å²) < 4.78 is 0.908. The zero-order valence-corrected chi connectivity index (χ0v) is 9.05. The van der Waals surface area contributed by atoms with E-state index in [1.54, 1.807) is 6.07 Å². The summed E-state index contributed by atoms with van der Waals surface area (Å²) in [5.74, 6) is 0. The second kappa shape index (κ2) is 4.30. The van der Waals surface area contributed by atoms with Gasteiger partial charge in [0.15, 0.2) is 0 Å². The molecule has 5 nitrogen and oxygen atoms in total. The number of hydrogen-bond acceptors (Lipinski definition) is 3. The van der Waals surface area contributed by atoms with E-state index in [0.717, 1.165) is 29.5 Å². The molecule has 84 valence electrons. The van der Waals surface area contributed by atoms with Gasteiger partial charge in [-0.1, -0.05) is 30.7 Å². The normalized spacial score (nSPS) is 10.8. The first-order valence-corrected chi connectivity index (χ1v) is 5.30. The molecule has 0 bridgehead atoms. The summed E-state index contributed by atoms with van der Waals surface area (Å²) in [6, 6.07) is 5.54. The lowest BCUT2D eigenvalue weighted by Crippen LogP contribution is -2.09. The Morgan fingerprint density at radius 1 is 1.50 bits per heavy atom. The van der Waals surface area contributed by atoms with Crippen molar-refractivity contribution < 1.29 is 9.90 Å². The van der Waals surface area contributed by atoms with Crippen LogP contribution in [0.3, 0.4) is 0 Å². The molecule has 0 fully saturated rings. The molecular formula is C11H13N3O2. The van der Waals surface area contributed by atoms with Crippen LogP contribution in [-0.4, -0.2) is 26.2 Å². The summed E-state index contributed by atoms with van der Waals surface area (Å²) in [6.45, 7) is 2.12. The fourth-order valence-corrected chi connectivity index (χ4v) is 1.71. The maximum Gasteiger partial charge on any atom is 0.434 e. The maximum atomic E-state index is 10.9. The molecule has 0 saturated heterocycles. The van der Waals surface area contributed by atoms with Gasteiger partial charge < -0.3 is 5.11 Å². The molecule has 5 heteroatoms. The van der Waals surface area contributed by atoms with E-state index in [4.69, 9.17) is 5.11 Å². The Morgan fingerprint density at radius 2 is 2.31 bits per heavy atom. The molecule has 1 aromatic carbocycles. The topological polar surface area (TPSA) is 68.0 Å². The summed E-state index contributed by atoms with van der Waals surface area (Å²) in [5.41, 5.74) is 2.31. The summed E-state index contributed by atoms with van der Waals surface area (Å²) in [5, 5.41) is 16.5. The van der Waals surface area contributed by atoms with Crippen LogP contribution in [0, 0.1) is 0 Å². The number of aryl methyl sites for hydroxylation is 1. The summed E-state index contributed by atoms with van der Waals surface area (Å²) in [6.07, 6.45) is 1.98. The molecule has 0 atom stereocenters. The van der Waals surface area contributed by atoms with Crippen LogP contribution in [-0.2, 0) is 6.42 Å². The molecule has 1 aromatic heterocycles. The summed E-state index contributed by atoms with van der Waals surface area (Å²) in [4.78, 5) is 10.9. The predicted octanol–water partition coefficient (Wildman–Crippen LogP) is 2.30. The largest absolute Gasteiger partial charge is 0.463 e. The van der Waals surface area contributed by atoms with Gasteiger partial charge in [0, 0.05) is 0 Å². The molecule has 1 heterocycles. The monoisotopic (exact) mass is 219 g/mol. The molecule has 0 spiro atoms. The Balaban J connectivity index is 2.49. The number of aromatic nitrogens is 3. The SMILES string of the molecule is CCCCc1cccc2c1nnn2C(=O)O. The second-order valence-electron chi connectivity index (χ2n) is 3.67. The highest BCUT2D eigenvalue weighted by molar-refractivity contribution is 5.86. The molecule has 16 heavy (non-hydrogen) atoms. The molecule has 0 aliphatic carbocycles. The highest BCUT2D eigenvalue weighted by Gasteiger charge is 2.12. The Bertz CT molecular complexity index is 519. The zero-order chi connectivity index (χ0) is 11.5. The molecule has 2 aromatic rings. The first-order chi connectivity index (χ1) is 7.74. The van der Waals surface area contributed by atoms with E-state index in [9.17, 15) is 4.79 Å². The van der Waals surface area contributed by atoms with Crippen LogP contribution >= 0.6 is 0 Å². The van der Waals surface area contributed by atoms with Gasteiger partial charge in [0.25, 0.3) is 0 Å². The molecule has 2 rings (SSSR count). The average Bonchev–Trinajstić information content (AvgIpc) is 2.70. The molecule has 0 aliphatic rings. The Kier molecular flexibility index (Phi) is 2.85. The number of benzene rings is 1. The molecule has 0 radical (unpaired) electrons. The minimum absolute atomic E-state index is 0.557. The van der Waals surface area contributed by atoms with Gasteiger partial charge in [-0.2, -0.15) is 0 Å². The third-order valence-electron chi connectivity index (χ3n) is 2.54. The third-order valence-corrected chi connectivity index (χ3v) is 2.54. The van der Waals surface area contributed by atoms with E-state index in [-0.39, 0.29) is 0 Å². The molecule has 0 unspecified atom stereocenters. The van der Waals surface area contributed by atoms with Gasteiger partial charge in [0.05, 0.1) is 0 Å². The quantitative estimate of drug-likeness (QED) is 0.860. The van der Waals surface area contributed by atoms with Crippen molar-refractivity contribution in [2.45, 2.75) is 26.2 Å². The molecular weight excluding hydrogens is 206 g/mol. The average molecular weight is 219 g/mol. The van der Waals surface area contributed by atoms with E-state index >= 15 is 0 Å². The van der Waals surface area contributed by atoms with Gasteiger partial charge in [0.1, 0.15) is 11.0 Å². The van der Waals surface area contributed by atoms with Crippen LogP contribution in [0.2, 0.25) is 0 Å². The minimum Gasteiger partial charge on any atom is -0.463 e. The third kappa shape index (κ3) is 1.76. The second-order valence-corrected chi connectivity index (χ2v) is 3.67. The van der Waals surface area contributed by atoms with E-state index < -0.39 is 6.09 Å². The van der Waals surface area contributed by atoms with Crippen molar-refractivity contribution >= 4 is 17.1 Å². The van der Waals surface area contributed by atoms with Gasteiger partial charge >= 0.3 is 6.09 Å². The summed E-state index contributed by atoms with van der Waals surface area (Å²) in [7, 11) is 0. The maximum absolute atomic E-state index is 10.9. The smallest absolute Gasteiger partial charge is 0.434 e. The van der Waals surface area contributed by atoms with Gasteiger partial charge in [0.2, 0.25) is 0 Å². The van der Waals surface area contributed by atoms with Crippen LogP contribution in [0.4, 0.5) is 4.79 Å². The van der Waals surface area contributed by atoms with Crippen LogP contribution in [0.1, 0.15) is 25.3 Å². The highest BCUT2D eigenvalue weighted by Crippen LogP contribution is 2.17. The zero-order valence-electron chi connectivity index (χ0n) is 9.05. The van der Waals surface area contributed by atoms with Crippen molar-refractivity contribution in [2.75, 3.05) is 0 Å². The number of fused-ring (bicyclic) bond motifs is 1. The van der Waals surface area contributed by atoms with E-state index in [0.29, 0.717) is 11.0 Å². The lowest BCUT2D eigenvalue weighted by Gasteiger charge is -2.00. The van der Waals surface area contributed by atoms with E-state index in [2.05, 4.69) is 17.2 Å². The van der Waals surface area contributed by atoms with Crippen molar-refractivity contribution in [2.24, 2.45) is 0 Å². The number of unbranched alkanes of at least 4 members (excludes halogenated alkanes) is 1. The Hall–Kier alpha value is -1.91. The lowest BCUT2D eigenvalue weighted by atomic mass is 10.1. The first kappa shape index (κ1) is 10.6. The van der Waals surface area contributed by atoms with Gasteiger partial charge in [-0.25, -0.2) is 4.79 Å². The number of rotatable bonds is 3. The van der Waals surface area contributed by atoms with E-state index in [1.165, 1.54) is 0 Å². The van der Waals surface area contributed by atoms with Crippen molar-refractivity contribution in [1.29, 1.82) is 0 Å². The number of nitrogens with zero attached hydrogens (tertiary/aromatic N) is 3. The highest BCUT2D eigenvalue weighted by atomic mass is 16.4. The van der Waals surface area contributed by atoms with Crippen molar-refractivity contribution in [3.63, 3.8) is 0 Å². The van der Waals surface area contributed by atoms with E-state index in [1.807, 2.05) is 12.1 Å². The van der Waals surface area contributed by atoms with Gasteiger partial charge in [-0.05, 0) is 24.5 Å². The predicted molar refractivity (Wildman–Crippen MR) is 59.6 cm³/mol. The number of carboxylic acid groups (broad SMARTS) is 1. The first-order valence-electron chi connectivity index (χ1n) is 5.30. The van der Waals surface area contributed by atoms with Crippen LogP contribution in [0.25, 0.3) is 11.0 Å². The Morgan fingerprint density at radius 3 is 3.00 bits per heavy atom. The molecule has 0 aliphatic heterocycles. The Labute approximate surface area is 92.7 Å². The van der Waals surface area contributed by atoms with Gasteiger partial charge in [-0.15, -0.1) is 9.78 Å². The fourth-order valence-electron chi connectivity index (χ4n) is 1.71. The minimum atomic E-state index is -1.10. The fraction of sp³-hybridized carbons (Fsp3) is 0.364. The van der Waals surface area contributed by atoms with Crippen molar-refractivity contribution in [3.05, 3.63) is 23.8 Å². The molecule has 0 amide bonds. The number of carbonyl (C=O) groups is 1. The van der Waals surface area contributed by atoms with Crippen LogP contribution in [0.5, 0.6) is 0 Å². The standard InChI is InChI=1S/C11H13N3O2/c1-2-3-5-8-6-4-7-9-10(8)12-13-14(9)11(15)16/h4,6-7H,2-3,5H2,1H3,(H,15,16). The summed E-state index contributed by atoms with van der Waals surface area (Å²) >= 11 is 0. The van der Waals surface area contributed by atoms with Crippen molar-refractivity contribution in [1.82, 2.24) is 15.0 Å².